The largest absolute Gasteiger partial charge is 0.411 e. The Balaban J connectivity index is 4.36. The predicted octanol–water partition coefficient (Wildman–Crippen LogP) is 5.54. The summed E-state index contributed by atoms with van der Waals surface area (Å²) in [6.07, 6.45) is 9.00. The summed E-state index contributed by atoms with van der Waals surface area (Å²) >= 11 is 2.27. The van der Waals surface area contributed by atoms with E-state index in [2.05, 4.69) is 78.8 Å². The maximum Gasteiger partial charge on any atom is 0.187 e. The molecule has 0 amide bonds. The van der Waals surface area contributed by atoms with Crippen LogP contribution in [0.1, 0.15) is 33.6 Å². The van der Waals surface area contributed by atoms with Gasteiger partial charge in [-0.2, -0.15) is 0 Å². The molecule has 0 bridgehead atoms. The highest BCUT2D eigenvalue weighted by atomic mass is 127. The smallest absolute Gasteiger partial charge is 0.187 e. The molecule has 100 valence electrons. The first-order valence-electron chi connectivity index (χ1n) is 6.51. The lowest BCUT2D eigenvalue weighted by Gasteiger charge is -2.28. The van der Waals surface area contributed by atoms with Crippen LogP contribution in [0.4, 0.5) is 0 Å². The summed E-state index contributed by atoms with van der Waals surface area (Å²) in [4.78, 5) is 0. The fraction of sp³-hybridized carbons (Fsp3) is 0.714. The maximum atomic E-state index is 6.33. The molecule has 0 aromatic rings. The zero-order chi connectivity index (χ0) is 13.3. The number of rotatable bonds is 8. The van der Waals surface area contributed by atoms with E-state index in [4.69, 9.17) is 4.43 Å². The average Bonchev–Trinajstić information content (AvgIpc) is 2.15. The summed E-state index contributed by atoms with van der Waals surface area (Å²) < 4.78 is 8.40. The summed E-state index contributed by atoms with van der Waals surface area (Å²) in [5, 5.41) is 0. The van der Waals surface area contributed by atoms with Crippen molar-refractivity contribution in [3.05, 3.63) is 22.3 Å². The summed E-state index contributed by atoms with van der Waals surface area (Å²) in [5.74, 6) is 0.729. The average molecular weight is 366 g/mol. The van der Waals surface area contributed by atoms with Gasteiger partial charge in [0.05, 0.1) is 6.10 Å². The van der Waals surface area contributed by atoms with Gasteiger partial charge in [-0.25, -0.2) is 0 Å². The van der Waals surface area contributed by atoms with E-state index < -0.39 is 8.32 Å². The number of allylic oxidation sites excluding steroid dienone is 1. The molecule has 0 aliphatic carbocycles. The lowest BCUT2D eigenvalue weighted by Crippen LogP contribution is -2.35. The van der Waals surface area contributed by atoms with E-state index in [0.29, 0.717) is 0 Å². The molecule has 0 N–H and O–H groups in total. The van der Waals surface area contributed by atoms with E-state index in [0.717, 1.165) is 18.8 Å². The minimum Gasteiger partial charge on any atom is -0.411 e. The first kappa shape index (κ1) is 17.4. The van der Waals surface area contributed by atoms with Crippen LogP contribution in [-0.2, 0) is 4.43 Å². The van der Waals surface area contributed by atoms with Gasteiger partial charge in [-0.15, -0.1) is 0 Å². The van der Waals surface area contributed by atoms with Gasteiger partial charge in [0, 0.05) is 0 Å². The first-order chi connectivity index (χ1) is 7.91. The van der Waals surface area contributed by atoms with Crippen LogP contribution in [0.3, 0.4) is 0 Å². The van der Waals surface area contributed by atoms with Crippen LogP contribution in [-0.4, -0.2) is 14.4 Å². The van der Waals surface area contributed by atoms with Crippen molar-refractivity contribution in [2.24, 2.45) is 5.92 Å². The van der Waals surface area contributed by atoms with Gasteiger partial charge in [0.15, 0.2) is 8.32 Å². The van der Waals surface area contributed by atoms with Crippen LogP contribution < -0.4 is 0 Å². The zero-order valence-corrected chi connectivity index (χ0v) is 15.0. The molecule has 0 rings (SSSR count). The predicted molar refractivity (Wildman–Crippen MR) is 89.2 cm³/mol. The molecule has 17 heavy (non-hydrogen) atoms. The number of hydrogen-bond donors (Lipinski definition) is 0. The quantitative estimate of drug-likeness (QED) is 0.311. The van der Waals surface area contributed by atoms with Crippen LogP contribution in [0.5, 0.6) is 0 Å². The monoisotopic (exact) mass is 366 g/mol. The van der Waals surface area contributed by atoms with Crippen molar-refractivity contribution in [3.8, 4) is 0 Å². The van der Waals surface area contributed by atoms with Gasteiger partial charge in [0.2, 0.25) is 0 Å². The Bertz CT molecular complexity index is 247. The summed E-state index contributed by atoms with van der Waals surface area (Å²) in [7, 11) is -1.52. The van der Waals surface area contributed by atoms with Crippen LogP contribution in [0.15, 0.2) is 22.3 Å². The van der Waals surface area contributed by atoms with Crippen molar-refractivity contribution in [1.82, 2.24) is 0 Å². The third-order valence-electron chi connectivity index (χ3n) is 2.43. The summed E-state index contributed by atoms with van der Waals surface area (Å²) in [6, 6.07) is 1.23. The molecule has 1 atom stereocenters. The number of halogens is 1. The molecule has 3 heteroatoms. The topological polar surface area (TPSA) is 9.23 Å². The Morgan fingerprint density at radius 1 is 1.24 bits per heavy atom. The second kappa shape index (κ2) is 9.33. The van der Waals surface area contributed by atoms with E-state index >= 15 is 0 Å². The first-order valence-corrected chi connectivity index (χ1v) is 10.9. The molecule has 1 unspecified atom stereocenters. The molecule has 0 aromatic carbocycles. The second-order valence-corrected chi connectivity index (χ2v) is 10.3. The highest BCUT2D eigenvalue weighted by Gasteiger charge is 2.26. The van der Waals surface area contributed by atoms with E-state index in [-0.39, 0.29) is 6.10 Å². The van der Waals surface area contributed by atoms with Gasteiger partial charge in [-0.3, -0.25) is 0 Å². The van der Waals surface area contributed by atoms with Gasteiger partial charge in [0.25, 0.3) is 0 Å². The van der Waals surface area contributed by atoms with Gasteiger partial charge in [0.1, 0.15) is 0 Å². The van der Waals surface area contributed by atoms with Crippen LogP contribution in [0.2, 0.25) is 19.1 Å². The Kier molecular flexibility index (Phi) is 9.55. The third-order valence-corrected chi connectivity index (χ3v) is 5.58. The highest BCUT2D eigenvalue weighted by molar-refractivity contribution is 14.1. The molecule has 0 radical (unpaired) electrons. The van der Waals surface area contributed by atoms with Gasteiger partial charge in [-0.1, -0.05) is 61.6 Å². The van der Waals surface area contributed by atoms with Crippen molar-refractivity contribution in [1.29, 1.82) is 0 Å². The Hall–Kier alpha value is 0.387. The van der Waals surface area contributed by atoms with Gasteiger partial charge >= 0.3 is 0 Å². The molecule has 0 aromatic heterocycles. The fourth-order valence-corrected chi connectivity index (χ4v) is 5.61. The minimum atomic E-state index is -1.52. The number of hydrogen-bond acceptors (Lipinski definition) is 1. The molecule has 0 aliphatic rings. The Labute approximate surface area is 122 Å². The molecular formula is C14H27IOSi. The molecule has 0 saturated heterocycles. The summed E-state index contributed by atoms with van der Waals surface area (Å²) in [6.45, 7) is 11.4. The molecule has 0 heterocycles. The fourth-order valence-electron chi connectivity index (χ4n) is 2.09. The van der Waals surface area contributed by atoms with Gasteiger partial charge in [-0.05, 0) is 42.0 Å². The summed E-state index contributed by atoms with van der Waals surface area (Å²) in [5.41, 5.74) is 0. The maximum absolute atomic E-state index is 6.33. The van der Waals surface area contributed by atoms with Crippen LogP contribution in [0.25, 0.3) is 0 Å². The van der Waals surface area contributed by atoms with Crippen molar-refractivity contribution in [3.63, 3.8) is 0 Å². The lowest BCUT2D eigenvalue weighted by atomic mass is 10.2. The standard InChI is InChI=1S/C14H27IOSi/c1-6-7-8-9-14(10-11-15)16-17(4,5)12-13(2)3/h7-8,10-11,13-14H,6,9,12H2,1-5H3. The van der Waals surface area contributed by atoms with E-state index in [9.17, 15) is 0 Å². The van der Waals surface area contributed by atoms with Crippen molar-refractivity contribution in [2.45, 2.75) is 58.9 Å². The van der Waals surface area contributed by atoms with Crippen LogP contribution >= 0.6 is 22.6 Å². The van der Waals surface area contributed by atoms with E-state index in [1.54, 1.807) is 0 Å². The van der Waals surface area contributed by atoms with Crippen LogP contribution in [0, 0.1) is 5.92 Å². The van der Waals surface area contributed by atoms with E-state index in [1.165, 1.54) is 6.04 Å². The molecular weight excluding hydrogens is 339 g/mol. The SMILES string of the molecule is CCC=CCC(C=CI)O[Si](C)(C)CC(C)C. The zero-order valence-electron chi connectivity index (χ0n) is 11.9. The Morgan fingerprint density at radius 3 is 2.35 bits per heavy atom. The minimum absolute atomic E-state index is 0.259. The second-order valence-electron chi connectivity index (χ2n) is 5.45. The normalized spacial score (nSPS) is 15.2. The van der Waals surface area contributed by atoms with E-state index in [1.807, 2.05) is 0 Å². The molecule has 0 spiro atoms. The van der Waals surface area contributed by atoms with Gasteiger partial charge < -0.3 is 4.43 Å². The van der Waals surface area contributed by atoms with Crippen molar-refractivity contribution in [2.75, 3.05) is 0 Å². The molecule has 0 aliphatic heterocycles. The molecule has 1 nitrogen and oxygen atoms in total. The molecule has 0 fully saturated rings. The lowest BCUT2D eigenvalue weighted by molar-refractivity contribution is 0.239. The molecule has 0 saturated carbocycles. The third kappa shape index (κ3) is 10.0. The van der Waals surface area contributed by atoms with Crippen molar-refractivity contribution >= 4 is 30.9 Å². The Morgan fingerprint density at radius 2 is 1.88 bits per heavy atom. The highest BCUT2D eigenvalue weighted by Crippen LogP contribution is 2.21. The van der Waals surface area contributed by atoms with Crippen molar-refractivity contribution < 1.29 is 4.43 Å².